The Morgan fingerprint density at radius 3 is 2.25 bits per heavy atom. The number of nitrogens with zero attached hydrogens (tertiary/aromatic N) is 1. The highest BCUT2D eigenvalue weighted by atomic mass is 32.2. The summed E-state index contributed by atoms with van der Waals surface area (Å²) in [6.45, 7) is 4.96. The van der Waals surface area contributed by atoms with Crippen molar-refractivity contribution in [2.24, 2.45) is 5.16 Å². The monoisotopic (exact) mass is 473 g/mol. The SMILES string of the molecule is CCCOC(=O)c1ccc(Sc2ccc(C(=O)/C(C)=N/OC(C)=O)c(C(=S)OC)c2)cc1. The van der Waals surface area contributed by atoms with Crippen molar-refractivity contribution < 1.29 is 28.7 Å². The van der Waals surface area contributed by atoms with Crippen molar-refractivity contribution in [2.75, 3.05) is 13.7 Å². The molecule has 32 heavy (non-hydrogen) atoms. The standard InChI is InChI=1S/C23H23NO6S2/c1-5-12-29-22(27)16-6-8-17(9-7-16)32-18-10-11-19(20(13-18)23(31)28-4)21(26)14(2)24-30-15(3)25/h6-11,13H,5,12H2,1-4H3/b24-14+. The van der Waals surface area contributed by atoms with E-state index < -0.39 is 11.8 Å². The molecule has 0 aliphatic carbocycles. The number of benzene rings is 2. The van der Waals surface area contributed by atoms with Gasteiger partial charge in [-0.05, 0) is 68.0 Å². The maximum atomic E-state index is 12.8. The summed E-state index contributed by atoms with van der Waals surface area (Å²) in [6.07, 6.45) is 0.763. The molecule has 0 amide bonds. The normalized spacial score (nSPS) is 10.9. The van der Waals surface area contributed by atoms with Crippen LogP contribution in [0.15, 0.2) is 57.4 Å². The molecule has 0 fully saturated rings. The highest BCUT2D eigenvalue weighted by Crippen LogP contribution is 2.30. The minimum Gasteiger partial charge on any atom is -0.486 e. The molecule has 0 bridgehead atoms. The molecule has 0 heterocycles. The van der Waals surface area contributed by atoms with Crippen molar-refractivity contribution in [1.82, 2.24) is 0 Å². The lowest BCUT2D eigenvalue weighted by Gasteiger charge is -2.11. The fraction of sp³-hybridized carbons (Fsp3) is 0.261. The summed E-state index contributed by atoms with van der Waals surface area (Å²) in [4.78, 5) is 41.9. The lowest BCUT2D eigenvalue weighted by atomic mass is 10.0. The molecule has 2 rings (SSSR count). The number of esters is 1. The fourth-order valence-corrected chi connectivity index (χ4v) is 3.53. The van der Waals surface area contributed by atoms with Gasteiger partial charge in [0.25, 0.3) is 0 Å². The Morgan fingerprint density at radius 2 is 1.66 bits per heavy atom. The molecular formula is C23H23NO6S2. The molecule has 0 unspecified atom stereocenters. The van der Waals surface area contributed by atoms with Crippen LogP contribution in [0.1, 0.15) is 53.5 Å². The second-order valence-electron chi connectivity index (χ2n) is 6.55. The minimum atomic E-state index is -0.624. The summed E-state index contributed by atoms with van der Waals surface area (Å²) in [7, 11) is 1.42. The number of hydrogen-bond donors (Lipinski definition) is 0. The number of thiocarbonyl (C=S) groups is 1. The Labute approximate surface area is 196 Å². The summed E-state index contributed by atoms with van der Waals surface area (Å²) >= 11 is 6.70. The van der Waals surface area contributed by atoms with Gasteiger partial charge in [0.15, 0.2) is 5.05 Å². The first kappa shape index (κ1) is 25.2. The molecule has 0 aliphatic heterocycles. The van der Waals surface area contributed by atoms with Gasteiger partial charge in [-0.2, -0.15) is 0 Å². The van der Waals surface area contributed by atoms with Crippen molar-refractivity contribution in [2.45, 2.75) is 37.0 Å². The van der Waals surface area contributed by atoms with Crippen LogP contribution in [-0.4, -0.2) is 42.2 Å². The van der Waals surface area contributed by atoms with Gasteiger partial charge in [0.05, 0.1) is 19.3 Å². The molecule has 0 saturated carbocycles. The second kappa shape index (κ2) is 12.1. The van der Waals surface area contributed by atoms with Gasteiger partial charge in [-0.15, -0.1) is 0 Å². The van der Waals surface area contributed by atoms with Crippen LogP contribution >= 0.6 is 24.0 Å². The van der Waals surface area contributed by atoms with Gasteiger partial charge in [0.2, 0.25) is 5.78 Å². The Kier molecular flexibility index (Phi) is 9.55. The largest absolute Gasteiger partial charge is 0.486 e. The Balaban J connectivity index is 2.26. The van der Waals surface area contributed by atoms with Crippen molar-refractivity contribution >= 4 is 52.5 Å². The van der Waals surface area contributed by atoms with Crippen LogP contribution in [0.25, 0.3) is 0 Å². The highest BCUT2D eigenvalue weighted by molar-refractivity contribution is 7.99. The van der Waals surface area contributed by atoms with E-state index in [2.05, 4.69) is 9.99 Å². The number of rotatable bonds is 9. The molecule has 0 radical (unpaired) electrons. The van der Waals surface area contributed by atoms with Crippen molar-refractivity contribution in [3.05, 3.63) is 59.2 Å². The Bertz CT molecular complexity index is 1050. The number of ketones is 1. The van der Waals surface area contributed by atoms with E-state index in [1.165, 1.54) is 32.7 Å². The number of methoxy groups -OCH3 is 1. The molecule has 7 nitrogen and oxygen atoms in total. The van der Waals surface area contributed by atoms with Crippen LogP contribution in [-0.2, 0) is 19.1 Å². The lowest BCUT2D eigenvalue weighted by Crippen LogP contribution is -2.16. The number of Topliss-reactive ketones (excluding diaryl/α,β-unsaturated/α-hetero) is 1. The van der Waals surface area contributed by atoms with Gasteiger partial charge in [0.1, 0.15) is 5.71 Å². The highest BCUT2D eigenvalue weighted by Gasteiger charge is 2.19. The van der Waals surface area contributed by atoms with Gasteiger partial charge in [0, 0.05) is 27.8 Å². The summed E-state index contributed by atoms with van der Waals surface area (Å²) < 4.78 is 10.3. The summed E-state index contributed by atoms with van der Waals surface area (Å²) in [5.74, 6) is -1.42. The van der Waals surface area contributed by atoms with E-state index in [0.717, 1.165) is 16.2 Å². The van der Waals surface area contributed by atoms with Crippen LogP contribution in [0.4, 0.5) is 0 Å². The van der Waals surface area contributed by atoms with Gasteiger partial charge in [-0.25, -0.2) is 9.59 Å². The quantitative estimate of drug-likeness (QED) is 0.127. The van der Waals surface area contributed by atoms with Crippen LogP contribution in [0.3, 0.4) is 0 Å². The third-order valence-electron chi connectivity index (χ3n) is 4.04. The van der Waals surface area contributed by atoms with Crippen LogP contribution < -0.4 is 0 Å². The van der Waals surface area contributed by atoms with E-state index in [0.29, 0.717) is 17.7 Å². The molecule has 0 aliphatic rings. The molecule has 2 aromatic rings. The maximum absolute atomic E-state index is 12.8. The molecule has 168 valence electrons. The molecule has 0 atom stereocenters. The third-order valence-corrected chi connectivity index (χ3v) is 5.43. The Morgan fingerprint density at radius 1 is 1.00 bits per heavy atom. The van der Waals surface area contributed by atoms with Crippen molar-refractivity contribution in [3.63, 3.8) is 0 Å². The smallest absolute Gasteiger partial charge is 0.338 e. The number of oxime groups is 1. The van der Waals surface area contributed by atoms with Crippen LogP contribution in [0.2, 0.25) is 0 Å². The lowest BCUT2D eigenvalue weighted by molar-refractivity contribution is -0.140. The minimum absolute atomic E-state index is 0.00584. The predicted octanol–water partition coefficient (Wildman–Crippen LogP) is 4.85. The van der Waals surface area contributed by atoms with Gasteiger partial charge in [-0.3, -0.25) is 4.79 Å². The molecule has 0 spiro atoms. The van der Waals surface area contributed by atoms with E-state index in [1.807, 2.05) is 19.1 Å². The van der Waals surface area contributed by atoms with Gasteiger partial charge in [-0.1, -0.05) is 23.8 Å². The first-order valence-corrected chi connectivity index (χ1v) is 10.9. The topological polar surface area (TPSA) is 91.3 Å². The Hall–Kier alpha value is -3.04. The van der Waals surface area contributed by atoms with E-state index in [4.69, 9.17) is 21.7 Å². The van der Waals surface area contributed by atoms with E-state index in [1.54, 1.807) is 30.3 Å². The zero-order valence-corrected chi connectivity index (χ0v) is 19.8. The summed E-state index contributed by atoms with van der Waals surface area (Å²) in [5, 5.41) is 3.69. The molecule has 2 aromatic carbocycles. The van der Waals surface area contributed by atoms with Gasteiger partial charge >= 0.3 is 11.9 Å². The zero-order valence-electron chi connectivity index (χ0n) is 18.2. The third kappa shape index (κ3) is 7.00. The van der Waals surface area contributed by atoms with Crippen LogP contribution in [0.5, 0.6) is 0 Å². The predicted molar refractivity (Wildman–Crippen MR) is 125 cm³/mol. The zero-order chi connectivity index (χ0) is 23.7. The average molecular weight is 474 g/mol. The van der Waals surface area contributed by atoms with E-state index in [-0.39, 0.29) is 22.3 Å². The average Bonchev–Trinajstić information content (AvgIpc) is 2.80. The van der Waals surface area contributed by atoms with Crippen LogP contribution in [0, 0.1) is 0 Å². The number of carbonyl (C=O) groups is 3. The number of ether oxygens (including phenoxy) is 2. The summed E-state index contributed by atoms with van der Waals surface area (Å²) in [6, 6.07) is 12.2. The molecule has 0 aromatic heterocycles. The second-order valence-corrected chi connectivity index (χ2v) is 8.07. The van der Waals surface area contributed by atoms with Crippen molar-refractivity contribution in [1.29, 1.82) is 0 Å². The number of hydrogen-bond acceptors (Lipinski definition) is 9. The summed E-state index contributed by atoms with van der Waals surface area (Å²) in [5.41, 5.74) is 1.19. The van der Waals surface area contributed by atoms with E-state index in [9.17, 15) is 14.4 Å². The van der Waals surface area contributed by atoms with Crippen molar-refractivity contribution in [3.8, 4) is 0 Å². The first-order valence-electron chi connectivity index (χ1n) is 9.71. The molecular weight excluding hydrogens is 450 g/mol. The van der Waals surface area contributed by atoms with E-state index >= 15 is 0 Å². The number of carbonyl (C=O) groups excluding carboxylic acids is 3. The van der Waals surface area contributed by atoms with Gasteiger partial charge < -0.3 is 14.3 Å². The molecule has 9 heteroatoms. The fourth-order valence-electron chi connectivity index (χ4n) is 2.51. The first-order chi connectivity index (χ1) is 15.3. The maximum Gasteiger partial charge on any atom is 0.338 e. The molecule has 0 N–H and O–H groups in total. The molecule has 0 saturated heterocycles.